The summed E-state index contributed by atoms with van der Waals surface area (Å²) in [6.07, 6.45) is 1.48. The first-order valence-corrected chi connectivity index (χ1v) is 5.01. The van der Waals surface area contributed by atoms with Gasteiger partial charge >= 0.3 is 0 Å². The van der Waals surface area contributed by atoms with Crippen molar-refractivity contribution in [1.29, 1.82) is 0 Å². The lowest BCUT2D eigenvalue weighted by Crippen LogP contribution is -2.05. The zero-order chi connectivity index (χ0) is 9.64. The molecule has 0 heterocycles. The fraction of sp³-hybridized carbons (Fsp3) is 0.400. The maximum Gasteiger partial charge on any atom is 0.127 e. The van der Waals surface area contributed by atoms with Gasteiger partial charge in [0.2, 0.25) is 0 Å². The average molecular weight is 245 g/mol. The molecule has 1 aromatic carbocycles. The van der Waals surface area contributed by atoms with Crippen molar-refractivity contribution in [2.75, 3.05) is 0 Å². The molecule has 2 rings (SSSR count). The Bertz CT molecular complexity index is 335. The van der Waals surface area contributed by atoms with E-state index >= 15 is 0 Å². The number of hydrogen-bond acceptors (Lipinski definition) is 1. The van der Waals surface area contributed by atoms with E-state index in [2.05, 4.69) is 15.9 Å². The molecule has 0 aromatic heterocycles. The van der Waals surface area contributed by atoms with Crippen molar-refractivity contribution in [3.05, 3.63) is 33.5 Å². The highest BCUT2D eigenvalue weighted by atomic mass is 79.9. The average Bonchev–Trinajstić information content (AvgIpc) is 2.80. The molecule has 1 saturated carbocycles. The predicted molar refractivity (Wildman–Crippen MR) is 52.0 cm³/mol. The molecule has 1 aliphatic carbocycles. The van der Waals surface area contributed by atoms with Gasteiger partial charge in [-0.05, 0) is 43.0 Å². The molecule has 0 bridgehead atoms. The largest absolute Gasteiger partial charge is 0.385 e. The van der Waals surface area contributed by atoms with E-state index < -0.39 is 5.60 Å². The molecule has 0 saturated heterocycles. The molecule has 0 amide bonds. The summed E-state index contributed by atoms with van der Waals surface area (Å²) in [5.41, 5.74) is 0.521. The van der Waals surface area contributed by atoms with E-state index in [0.29, 0.717) is 11.1 Å². The van der Waals surface area contributed by atoms with Gasteiger partial charge in [0, 0.05) is 4.47 Å². The fourth-order valence-electron chi connectivity index (χ4n) is 1.32. The lowest BCUT2D eigenvalue weighted by molar-refractivity contribution is 0.151. The molecule has 1 N–H and O–H groups in total. The zero-order valence-corrected chi connectivity index (χ0v) is 8.86. The van der Waals surface area contributed by atoms with Gasteiger partial charge in [0.1, 0.15) is 5.82 Å². The summed E-state index contributed by atoms with van der Waals surface area (Å²) in [6.45, 7) is 1.71. The van der Waals surface area contributed by atoms with E-state index in [0.717, 1.165) is 17.3 Å². The summed E-state index contributed by atoms with van der Waals surface area (Å²) in [7, 11) is 0. The third kappa shape index (κ3) is 1.51. The Morgan fingerprint density at radius 3 is 2.54 bits per heavy atom. The lowest BCUT2D eigenvalue weighted by Gasteiger charge is -2.10. The number of aliphatic hydroxyl groups is 1. The molecule has 0 unspecified atom stereocenters. The third-order valence-electron chi connectivity index (χ3n) is 2.54. The Labute approximate surface area is 84.7 Å². The van der Waals surface area contributed by atoms with Crippen LogP contribution in [0.3, 0.4) is 0 Å². The van der Waals surface area contributed by atoms with Crippen LogP contribution in [0.1, 0.15) is 24.0 Å². The van der Waals surface area contributed by atoms with E-state index in [1.54, 1.807) is 13.0 Å². The maximum absolute atomic E-state index is 13.3. The minimum Gasteiger partial charge on any atom is -0.385 e. The highest BCUT2D eigenvalue weighted by molar-refractivity contribution is 9.10. The highest BCUT2D eigenvalue weighted by Crippen LogP contribution is 2.46. The smallest absolute Gasteiger partial charge is 0.127 e. The molecular weight excluding hydrogens is 235 g/mol. The van der Waals surface area contributed by atoms with Crippen molar-refractivity contribution in [2.45, 2.75) is 25.4 Å². The maximum atomic E-state index is 13.3. The summed E-state index contributed by atoms with van der Waals surface area (Å²) in [5, 5.41) is 9.75. The Hall–Kier alpha value is -0.410. The Morgan fingerprint density at radius 2 is 2.08 bits per heavy atom. The van der Waals surface area contributed by atoms with Gasteiger partial charge in [-0.15, -0.1) is 0 Å². The minimum absolute atomic E-state index is 0.260. The monoisotopic (exact) mass is 244 g/mol. The standard InChI is InChI=1S/C10H10BrFO/c1-6-8(11)4-7(5-9(6)12)10(13)2-3-10/h4-5,13H,2-3H2,1H3. The van der Waals surface area contributed by atoms with E-state index in [-0.39, 0.29) is 5.82 Å². The van der Waals surface area contributed by atoms with E-state index in [1.807, 2.05) is 0 Å². The van der Waals surface area contributed by atoms with Crippen LogP contribution >= 0.6 is 15.9 Å². The van der Waals surface area contributed by atoms with Crippen LogP contribution in [0.2, 0.25) is 0 Å². The normalized spacial score (nSPS) is 18.8. The molecule has 1 aromatic rings. The summed E-state index contributed by atoms with van der Waals surface area (Å²) in [4.78, 5) is 0. The lowest BCUT2D eigenvalue weighted by atomic mass is 10.1. The van der Waals surface area contributed by atoms with Crippen LogP contribution in [0.4, 0.5) is 4.39 Å². The van der Waals surface area contributed by atoms with Crippen LogP contribution < -0.4 is 0 Å². The second kappa shape index (κ2) is 2.79. The second-order valence-electron chi connectivity index (χ2n) is 3.60. The summed E-state index contributed by atoms with van der Waals surface area (Å²) in [5.74, 6) is -0.260. The van der Waals surface area contributed by atoms with Gasteiger partial charge in [0.15, 0.2) is 0 Å². The predicted octanol–water partition coefficient (Wildman–Crippen LogP) is 2.88. The van der Waals surface area contributed by atoms with Gasteiger partial charge in [0.25, 0.3) is 0 Å². The van der Waals surface area contributed by atoms with Crippen LogP contribution in [0.25, 0.3) is 0 Å². The van der Waals surface area contributed by atoms with Crippen molar-refractivity contribution >= 4 is 15.9 Å². The van der Waals surface area contributed by atoms with Gasteiger partial charge in [-0.1, -0.05) is 15.9 Å². The first kappa shape index (κ1) is 9.16. The van der Waals surface area contributed by atoms with Crippen molar-refractivity contribution in [2.24, 2.45) is 0 Å². The number of halogens is 2. The second-order valence-corrected chi connectivity index (χ2v) is 4.45. The molecule has 13 heavy (non-hydrogen) atoms. The van der Waals surface area contributed by atoms with Crippen LogP contribution in [-0.2, 0) is 5.60 Å². The molecule has 0 atom stereocenters. The first-order valence-electron chi connectivity index (χ1n) is 4.21. The number of benzene rings is 1. The minimum atomic E-state index is -0.753. The van der Waals surface area contributed by atoms with Crippen LogP contribution in [-0.4, -0.2) is 5.11 Å². The van der Waals surface area contributed by atoms with Crippen molar-refractivity contribution < 1.29 is 9.50 Å². The van der Waals surface area contributed by atoms with Crippen LogP contribution in [0.15, 0.2) is 16.6 Å². The molecule has 1 nitrogen and oxygen atoms in total. The number of rotatable bonds is 1. The van der Waals surface area contributed by atoms with Gasteiger partial charge < -0.3 is 5.11 Å². The molecule has 70 valence electrons. The van der Waals surface area contributed by atoms with E-state index in [9.17, 15) is 9.50 Å². The van der Waals surface area contributed by atoms with E-state index in [1.165, 1.54) is 6.07 Å². The highest BCUT2D eigenvalue weighted by Gasteiger charge is 2.42. The Kier molecular flexibility index (Phi) is 1.96. The van der Waals surface area contributed by atoms with Crippen LogP contribution in [0, 0.1) is 12.7 Å². The third-order valence-corrected chi connectivity index (χ3v) is 3.37. The quantitative estimate of drug-likeness (QED) is 0.806. The molecule has 0 spiro atoms. The van der Waals surface area contributed by atoms with Gasteiger partial charge in [-0.2, -0.15) is 0 Å². The topological polar surface area (TPSA) is 20.2 Å². The molecule has 0 aliphatic heterocycles. The van der Waals surface area contributed by atoms with Crippen molar-refractivity contribution in [1.82, 2.24) is 0 Å². The molecule has 0 radical (unpaired) electrons. The molecule has 1 aliphatic rings. The van der Waals surface area contributed by atoms with Gasteiger partial charge in [0.05, 0.1) is 5.60 Å². The van der Waals surface area contributed by atoms with E-state index in [4.69, 9.17) is 0 Å². The molecule has 3 heteroatoms. The molecular formula is C10H10BrFO. The van der Waals surface area contributed by atoms with Crippen molar-refractivity contribution in [3.63, 3.8) is 0 Å². The zero-order valence-electron chi connectivity index (χ0n) is 7.27. The Balaban J connectivity index is 2.50. The summed E-state index contributed by atoms with van der Waals surface area (Å²) >= 11 is 3.27. The van der Waals surface area contributed by atoms with Gasteiger partial charge in [-0.3, -0.25) is 0 Å². The van der Waals surface area contributed by atoms with Crippen LogP contribution in [0.5, 0.6) is 0 Å². The number of hydrogen-bond donors (Lipinski definition) is 1. The SMILES string of the molecule is Cc1c(F)cc(C2(O)CC2)cc1Br. The van der Waals surface area contributed by atoms with Gasteiger partial charge in [-0.25, -0.2) is 4.39 Å². The summed E-state index contributed by atoms with van der Waals surface area (Å²) in [6, 6.07) is 3.22. The van der Waals surface area contributed by atoms with Crippen molar-refractivity contribution in [3.8, 4) is 0 Å². The first-order chi connectivity index (χ1) is 6.03. The Morgan fingerprint density at radius 1 is 1.46 bits per heavy atom. The molecule has 1 fully saturated rings. The fourth-order valence-corrected chi connectivity index (χ4v) is 1.76. The summed E-state index contributed by atoms with van der Waals surface area (Å²) < 4.78 is 14.0.